The van der Waals surface area contributed by atoms with Gasteiger partial charge in [0.2, 0.25) is 0 Å². The molecule has 1 unspecified atom stereocenters. The van der Waals surface area contributed by atoms with E-state index in [0.29, 0.717) is 31.0 Å². The average molecular weight is 516 g/mol. The van der Waals surface area contributed by atoms with E-state index in [1.807, 2.05) is 0 Å². The number of benzene rings is 1. The molecular weight excluding hydrogens is 474 g/mol. The number of nitrogens with zero attached hydrogens (tertiary/aromatic N) is 1. The molecule has 0 bridgehead atoms. The number of likely N-dealkylation sites (tertiary alicyclic amines) is 1. The van der Waals surface area contributed by atoms with Crippen molar-refractivity contribution in [2.24, 2.45) is 0 Å². The van der Waals surface area contributed by atoms with E-state index < -0.39 is 41.0 Å². The van der Waals surface area contributed by atoms with Gasteiger partial charge in [0.05, 0.1) is 17.7 Å². The number of amides is 1. The van der Waals surface area contributed by atoms with Crippen molar-refractivity contribution in [3.8, 4) is 0 Å². The van der Waals surface area contributed by atoms with Crippen molar-refractivity contribution in [2.45, 2.75) is 115 Å². The first-order valence-electron chi connectivity index (χ1n) is 13.6. The number of unbranched alkanes of at least 4 members (excludes halogenated alkanes) is 12. The molecule has 0 aromatic heterocycles. The Balaban J connectivity index is 1.65. The van der Waals surface area contributed by atoms with Crippen LogP contribution in [0.3, 0.4) is 0 Å². The van der Waals surface area contributed by atoms with Crippen LogP contribution in [0.4, 0.5) is 17.6 Å². The summed E-state index contributed by atoms with van der Waals surface area (Å²) in [5.41, 5.74) is -1.78. The highest BCUT2D eigenvalue weighted by atomic mass is 19.4. The zero-order chi connectivity index (χ0) is 26.4. The second-order valence-electron chi connectivity index (χ2n) is 9.76. The quantitative estimate of drug-likeness (QED) is 0.127. The first-order chi connectivity index (χ1) is 17.3. The number of rotatable bonds is 16. The van der Waals surface area contributed by atoms with Crippen LogP contribution in [0.25, 0.3) is 0 Å². The number of halogens is 4. The molecule has 1 aromatic carbocycles. The molecular formula is C28H41F4NO3. The number of hydrogen-bond acceptors (Lipinski definition) is 3. The summed E-state index contributed by atoms with van der Waals surface area (Å²) < 4.78 is 58.5. The van der Waals surface area contributed by atoms with E-state index in [4.69, 9.17) is 4.74 Å². The van der Waals surface area contributed by atoms with Crippen LogP contribution in [-0.4, -0.2) is 36.0 Å². The van der Waals surface area contributed by atoms with E-state index in [2.05, 4.69) is 6.92 Å². The predicted octanol–water partition coefficient (Wildman–Crippen LogP) is 8.08. The summed E-state index contributed by atoms with van der Waals surface area (Å²) in [5, 5.41) is 0. The van der Waals surface area contributed by atoms with Crippen LogP contribution in [0, 0.1) is 5.82 Å². The minimum absolute atomic E-state index is 0.174. The van der Waals surface area contributed by atoms with Gasteiger partial charge >= 0.3 is 12.1 Å². The molecule has 0 aliphatic carbocycles. The van der Waals surface area contributed by atoms with Gasteiger partial charge in [-0.3, -0.25) is 4.79 Å². The third kappa shape index (κ3) is 10.1. The zero-order valence-electron chi connectivity index (χ0n) is 21.5. The van der Waals surface area contributed by atoms with Gasteiger partial charge in [-0.05, 0) is 37.5 Å². The largest absolute Gasteiger partial charge is 0.464 e. The predicted molar refractivity (Wildman–Crippen MR) is 132 cm³/mol. The maximum atomic E-state index is 14.2. The maximum absolute atomic E-state index is 14.2. The fourth-order valence-electron chi connectivity index (χ4n) is 4.66. The van der Waals surface area contributed by atoms with Crippen LogP contribution in [0.2, 0.25) is 0 Å². The second kappa shape index (κ2) is 15.9. The Labute approximate surface area is 212 Å². The van der Waals surface area contributed by atoms with Crippen molar-refractivity contribution in [1.29, 1.82) is 0 Å². The summed E-state index contributed by atoms with van der Waals surface area (Å²) in [7, 11) is 0. The maximum Gasteiger partial charge on any atom is 0.416 e. The molecule has 1 heterocycles. The first kappa shape index (κ1) is 30.1. The van der Waals surface area contributed by atoms with Gasteiger partial charge in [0.25, 0.3) is 5.91 Å². The number of esters is 1. The highest BCUT2D eigenvalue weighted by Gasteiger charge is 2.38. The minimum Gasteiger partial charge on any atom is -0.464 e. The molecule has 4 nitrogen and oxygen atoms in total. The Morgan fingerprint density at radius 1 is 0.917 bits per heavy atom. The summed E-state index contributed by atoms with van der Waals surface area (Å²) in [6, 6.07) is 0.839. The molecule has 8 heteroatoms. The van der Waals surface area contributed by atoms with Crippen LogP contribution in [0.5, 0.6) is 0 Å². The molecule has 1 amide bonds. The van der Waals surface area contributed by atoms with Gasteiger partial charge in [0.15, 0.2) is 0 Å². The summed E-state index contributed by atoms with van der Waals surface area (Å²) >= 11 is 0. The normalized spacial score (nSPS) is 15.9. The number of carbonyl (C=O) groups excluding carboxylic acids is 2. The molecule has 36 heavy (non-hydrogen) atoms. The van der Waals surface area contributed by atoms with Gasteiger partial charge in [0.1, 0.15) is 11.9 Å². The van der Waals surface area contributed by atoms with Gasteiger partial charge < -0.3 is 9.64 Å². The molecule has 1 atom stereocenters. The van der Waals surface area contributed by atoms with E-state index in [9.17, 15) is 27.2 Å². The molecule has 2 rings (SSSR count). The number of hydrogen-bond donors (Lipinski definition) is 0. The lowest BCUT2D eigenvalue weighted by Crippen LogP contribution is -2.42. The van der Waals surface area contributed by atoms with E-state index in [0.717, 1.165) is 30.6 Å². The molecule has 1 aromatic rings. The van der Waals surface area contributed by atoms with Crippen molar-refractivity contribution < 1.29 is 31.9 Å². The molecule has 1 aliphatic heterocycles. The Kier molecular flexibility index (Phi) is 13.3. The van der Waals surface area contributed by atoms with Crippen LogP contribution in [0.15, 0.2) is 18.2 Å². The van der Waals surface area contributed by atoms with Crippen molar-refractivity contribution in [3.63, 3.8) is 0 Å². The van der Waals surface area contributed by atoms with Crippen molar-refractivity contribution >= 4 is 11.9 Å². The summed E-state index contributed by atoms with van der Waals surface area (Å²) in [6.07, 6.45) is 11.8. The Bertz CT molecular complexity index is 812. The lowest BCUT2D eigenvalue weighted by molar-refractivity contribution is -0.148. The van der Waals surface area contributed by atoms with Gasteiger partial charge in [-0.2, -0.15) is 13.2 Å². The highest BCUT2D eigenvalue weighted by molar-refractivity contribution is 5.97. The van der Waals surface area contributed by atoms with Gasteiger partial charge in [-0.25, -0.2) is 9.18 Å². The third-order valence-electron chi connectivity index (χ3n) is 6.80. The SMILES string of the molecule is CCCCCCCCCCCCCCCOC(=O)C1CCCN1C(=O)c1cc(C(F)(F)F)ccc1F. The standard InChI is InChI=1S/C28H41F4NO3/c1-2-3-4-5-6-7-8-9-10-11-12-13-14-20-36-27(35)25-16-15-19-33(25)26(34)23-21-22(28(30,31)32)17-18-24(23)29/h17-18,21,25H,2-16,19-20H2,1H3. The smallest absolute Gasteiger partial charge is 0.416 e. The van der Waals surface area contributed by atoms with E-state index in [1.54, 1.807) is 0 Å². The van der Waals surface area contributed by atoms with Crippen LogP contribution in [-0.2, 0) is 15.7 Å². The summed E-state index contributed by atoms with van der Waals surface area (Å²) in [5.74, 6) is -2.54. The fourth-order valence-corrected chi connectivity index (χ4v) is 4.66. The van der Waals surface area contributed by atoms with E-state index in [-0.39, 0.29) is 13.2 Å². The monoisotopic (exact) mass is 515 g/mol. The number of ether oxygens (including phenoxy) is 1. The number of alkyl halides is 3. The van der Waals surface area contributed by atoms with Crippen LogP contribution < -0.4 is 0 Å². The van der Waals surface area contributed by atoms with Gasteiger partial charge in [0, 0.05) is 6.54 Å². The lowest BCUT2D eigenvalue weighted by atomic mass is 10.0. The summed E-state index contributed by atoms with van der Waals surface area (Å²) in [6.45, 7) is 2.65. The third-order valence-corrected chi connectivity index (χ3v) is 6.80. The number of carbonyl (C=O) groups is 2. The van der Waals surface area contributed by atoms with Crippen molar-refractivity contribution in [2.75, 3.05) is 13.2 Å². The van der Waals surface area contributed by atoms with E-state index in [1.165, 1.54) is 57.8 Å². The second-order valence-corrected chi connectivity index (χ2v) is 9.76. The summed E-state index contributed by atoms with van der Waals surface area (Å²) in [4.78, 5) is 26.4. The van der Waals surface area contributed by atoms with Crippen LogP contribution >= 0.6 is 0 Å². The zero-order valence-corrected chi connectivity index (χ0v) is 21.5. The molecule has 0 N–H and O–H groups in total. The van der Waals surface area contributed by atoms with Gasteiger partial charge in [-0.1, -0.05) is 84.0 Å². The molecule has 1 aliphatic rings. The molecule has 0 radical (unpaired) electrons. The van der Waals surface area contributed by atoms with Crippen molar-refractivity contribution in [1.82, 2.24) is 4.90 Å². The van der Waals surface area contributed by atoms with Gasteiger partial charge in [-0.15, -0.1) is 0 Å². The lowest BCUT2D eigenvalue weighted by Gasteiger charge is -2.24. The molecule has 1 fully saturated rings. The first-order valence-corrected chi connectivity index (χ1v) is 13.6. The topological polar surface area (TPSA) is 46.6 Å². The highest BCUT2D eigenvalue weighted by Crippen LogP contribution is 2.31. The fraction of sp³-hybridized carbons (Fsp3) is 0.714. The van der Waals surface area contributed by atoms with Crippen molar-refractivity contribution in [3.05, 3.63) is 35.1 Å². The Morgan fingerprint density at radius 3 is 2.03 bits per heavy atom. The molecule has 1 saturated heterocycles. The molecule has 0 spiro atoms. The Morgan fingerprint density at radius 2 is 1.47 bits per heavy atom. The minimum atomic E-state index is -4.69. The molecule has 204 valence electrons. The Hall–Kier alpha value is -2.12. The molecule has 0 saturated carbocycles. The average Bonchev–Trinajstić information content (AvgIpc) is 3.33. The van der Waals surface area contributed by atoms with E-state index >= 15 is 0 Å². The van der Waals surface area contributed by atoms with Crippen LogP contribution in [0.1, 0.15) is 119 Å².